The molecule has 1 amide bonds. The lowest BCUT2D eigenvalue weighted by molar-refractivity contribution is -0.0499. The number of ether oxygens (including phenoxy) is 1. The fourth-order valence-electron chi connectivity index (χ4n) is 4.43. The Labute approximate surface area is 257 Å². The molecule has 1 aliphatic carbocycles. The molecule has 0 aromatic carbocycles. The zero-order chi connectivity index (χ0) is 32.8. The van der Waals surface area contributed by atoms with Crippen LogP contribution in [0.4, 0.5) is 18.0 Å². The van der Waals surface area contributed by atoms with Gasteiger partial charge in [-0.2, -0.15) is 37.0 Å². The highest BCUT2D eigenvalue weighted by molar-refractivity contribution is 7.88. The third kappa shape index (κ3) is 8.87. The largest absolute Gasteiger partial charge is 0.534 e. The van der Waals surface area contributed by atoms with E-state index in [9.17, 15) is 31.6 Å². The zero-order valence-corrected chi connectivity index (χ0v) is 26.5. The highest BCUT2D eigenvalue weighted by Gasteiger charge is 2.49. The number of hydrogen-bond donors (Lipinski definition) is 0. The number of carbonyl (C=O) groups is 1. The summed E-state index contributed by atoms with van der Waals surface area (Å²) in [6.45, 7) is 13.4. The van der Waals surface area contributed by atoms with Gasteiger partial charge in [0.25, 0.3) is 0 Å². The summed E-state index contributed by atoms with van der Waals surface area (Å²) in [5.74, 6) is -0.683. The quantitative estimate of drug-likeness (QED) is 0.208. The van der Waals surface area contributed by atoms with Gasteiger partial charge in [0.15, 0.2) is 5.75 Å². The first-order valence-electron chi connectivity index (χ1n) is 14.0. The number of hydrogen-bond acceptors (Lipinski definition) is 8. The molecular formula is C29H43F3N6O5S. The maximum absolute atomic E-state index is 13.0. The standard InChI is InChI=1S/C24H27F3N6O5S.2C2H6.CH4/c1-23(2,3)37-22(34)31(4)18-5-7-19(8-6-18)32-14-17(12-29-32)15-9-20(38-39(35,36)24(25,26)27)21-16(10-28)11-30-33(21)13-15;2*1-2;/h9,11-14,18-19H,5-8H2,1-4H3;2*1-2H3;1H4. The van der Waals surface area contributed by atoms with Crippen LogP contribution in [0, 0.1) is 11.3 Å². The van der Waals surface area contributed by atoms with Gasteiger partial charge in [-0.15, -0.1) is 0 Å². The van der Waals surface area contributed by atoms with Crippen molar-refractivity contribution in [3.8, 4) is 22.9 Å². The number of alkyl halides is 3. The Morgan fingerprint density at radius 2 is 1.61 bits per heavy atom. The average molecular weight is 645 g/mol. The van der Waals surface area contributed by atoms with Crippen LogP contribution in [-0.2, 0) is 14.9 Å². The number of halogens is 3. The summed E-state index contributed by atoms with van der Waals surface area (Å²) in [5.41, 5.74) is -5.86. The molecule has 15 heteroatoms. The van der Waals surface area contributed by atoms with Crippen LogP contribution in [0.5, 0.6) is 5.75 Å². The van der Waals surface area contributed by atoms with Gasteiger partial charge in [0.1, 0.15) is 22.8 Å². The zero-order valence-electron chi connectivity index (χ0n) is 25.6. The lowest BCUT2D eigenvalue weighted by atomic mass is 9.90. The van der Waals surface area contributed by atoms with E-state index in [4.69, 9.17) is 4.74 Å². The van der Waals surface area contributed by atoms with Crippen molar-refractivity contribution in [2.45, 2.75) is 105 Å². The van der Waals surface area contributed by atoms with E-state index in [0.717, 1.165) is 42.5 Å². The summed E-state index contributed by atoms with van der Waals surface area (Å²) >= 11 is 0. The summed E-state index contributed by atoms with van der Waals surface area (Å²) in [7, 11) is -4.28. The van der Waals surface area contributed by atoms with Crippen molar-refractivity contribution in [1.82, 2.24) is 24.3 Å². The van der Waals surface area contributed by atoms with Gasteiger partial charge in [0.2, 0.25) is 0 Å². The molecule has 246 valence electrons. The van der Waals surface area contributed by atoms with Gasteiger partial charge in [-0.1, -0.05) is 35.1 Å². The molecule has 1 fully saturated rings. The van der Waals surface area contributed by atoms with E-state index >= 15 is 0 Å². The third-order valence-corrected chi connectivity index (χ3v) is 7.35. The predicted molar refractivity (Wildman–Crippen MR) is 161 cm³/mol. The summed E-state index contributed by atoms with van der Waals surface area (Å²) < 4.78 is 75.2. The SMILES string of the molecule is C.CC.CC.CN(C(=O)OC(C)(C)C)C1CCC(n2cc(-c3cc(OS(=O)(=O)C(F)(F)F)c4c(C#N)cnn4c3)cn2)CC1. The molecule has 0 spiro atoms. The van der Waals surface area contributed by atoms with Crippen LogP contribution in [0.3, 0.4) is 0 Å². The first kappa shape index (κ1) is 38.2. The number of nitriles is 1. The second-order valence-electron chi connectivity index (χ2n) is 10.3. The molecule has 3 aromatic rings. The molecule has 0 N–H and O–H groups in total. The molecule has 1 saturated carbocycles. The molecule has 0 aliphatic heterocycles. The molecule has 0 unspecified atom stereocenters. The minimum absolute atomic E-state index is 0. The van der Waals surface area contributed by atoms with Gasteiger partial charge in [0, 0.05) is 36.6 Å². The lowest BCUT2D eigenvalue weighted by Gasteiger charge is -2.35. The Morgan fingerprint density at radius 1 is 1.02 bits per heavy atom. The van der Waals surface area contributed by atoms with Crippen molar-refractivity contribution < 1.29 is 35.3 Å². The molecule has 0 saturated heterocycles. The minimum atomic E-state index is -5.99. The Hall–Kier alpha value is -3.80. The Balaban J connectivity index is 0.00000186. The van der Waals surface area contributed by atoms with Crippen LogP contribution < -0.4 is 4.18 Å². The van der Waals surface area contributed by atoms with Crippen molar-refractivity contribution in [2.75, 3.05) is 7.05 Å². The van der Waals surface area contributed by atoms with Gasteiger partial charge in [-0.25, -0.2) is 9.31 Å². The number of fused-ring (bicyclic) bond motifs is 1. The molecule has 0 atom stereocenters. The van der Waals surface area contributed by atoms with E-state index in [1.807, 2.05) is 48.5 Å². The van der Waals surface area contributed by atoms with Crippen LogP contribution in [-0.4, -0.2) is 63.0 Å². The summed E-state index contributed by atoms with van der Waals surface area (Å²) in [6.07, 6.45) is 8.24. The highest BCUT2D eigenvalue weighted by Crippen LogP contribution is 2.36. The van der Waals surface area contributed by atoms with Gasteiger partial charge < -0.3 is 13.8 Å². The van der Waals surface area contributed by atoms with Crippen molar-refractivity contribution in [3.63, 3.8) is 0 Å². The fourth-order valence-corrected chi connectivity index (χ4v) is 4.89. The Morgan fingerprint density at radius 3 is 2.14 bits per heavy atom. The number of aromatic nitrogens is 4. The monoisotopic (exact) mass is 644 g/mol. The van der Waals surface area contributed by atoms with Crippen LogP contribution >= 0.6 is 0 Å². The van der Waals surface area contributed by atoms with Crippen LogP contribution in [0.2, 0.25) is 0 Å². The van der Waals surface area contributed by atoms with Gasteiger partial charge in [-0.05, 0) is 52.5 Å². The smallest absolute Gasteiger partial charge is 0.444 e. The Kier molecular flexibility index (Phi) is 13.3. The molecular weight excluding hydrogens is 601 g/mol. The van der Waals surface area contributed by atoms with Gasteiger partial charge >= 0.3 is 21.7 Å². The topological polar surface area (TPSA) is 132 Å². The fraction of sp³-hybridized carbons (Fsp3) is 0.586. The van der Waals surface area contributed by atoms with E-state index in [-0.39, 0.29) is 42.2 Å². The summed E-state index contributed by atoms with van der Waals surface area (Å²) in [6, 6.07) is 2.90. The normalized spacial score (nSPS) is 16.7. The van der Waals surface area contributed by atoms with Crippen LogP contribution in [0.1, 0.15) is 93.2 Å². The van der Waals surface area contributed by atoms with Gasteiger partial charge in [-0.3, -0.25) is 4.68 Å². The number of carbonyl (C=O) groups excluding carboxylic acids is 1. The number of amides is 1. The van der Waals surface area contributed by atoms with E-state index < -0.39 is 27.0 Å². The van der Waals surface area contributed by atoms with E-state index in [2.05, 4.69) is 14.4 Å². The first-order valence-corrected chi connectivity index (χ1v) is 15.4. The highest BCUT2D eigenvalue weighted by atomic mass is 32.2. The van der Waals surface area contributed by atoms with E-state index in [0.29, 0.717) is 5.56 Å². The molecule has 11 nitrogen and oxygen atoms in total. The molecule has 44 heavy (non-hydrogen) atoms. The van der Waals surface area contributed by atoms with Crippen LogP contribution in [0.15, 0.2) is 30.9 Å². The second-order valence-corrected chi connectivity index (χ2v) is 11.8. The number of nitrogens with zero attached hydrogens (tertiary/aromatic N) is 6. The van der Waals surface area contributed by atoms with Crippen molar-refractivity contribution in [1.29, 1.82) is 5.26 Å². The number of rotatable bonds is 5. The average Bonchev–Trinajstić information content (AvgIpc) is 3.61. The minimum Gasteiger partial charge on any atom is -0.444 e. The predicted octanol–water partition coefficient (Wildman–Crippen LogP) is 7.34. The summed E-state index contributed by atoms with van der Waals surface area (Å²) in [5, 5.41) is 17.7. The lowest BCUT2D eigenvalue weighted by Crippen LogP contribution is -2.42. The molecule has 3 heterocycles. The van der Waals surface area contributed by atoms with E-state index in [1.54, 1.807) is 28.9 Å². The molecule has 3 aromatic heterocycles. The molecule has 4 rings (SSSR count). The van der Waals surface area contributed by atoms with Crippen LogP contribution in [0.25, 0.3) is 16.6 Å². The van der Waals surface area contributed by atoms with Crippen molar-refractivity contribution >= 4 is 21.7 Å². The molecule has 0 radical (unpaired) electrons. The maximum Gasteiger partial charge on any atom is 0.534 e. The summed E-state index contributed by atoms with van der Waals surface area (Å²) in [4.78, 5) is 14.0. The molecule has 0 bridgehead atoms. The molecule has 1 aliphatic rings. The number of pyridine rings is 1. The van der Waals surface area contributed by atoms with Gasteiger partial charge in [0.05, 0.1) is 18.4 Å². The second kappa shape index (κ2) is 15.3. The third-order valence-electron chi connectivity index (χ3n) is 6.38. The van der Waals surface area contributed by atoms with Crippen molar-refractivity contribution in [3.05, 3.63) is 36.4 Å². The maximum atomic E-state index is 13.0. The van der Waals surface area contributed by atoms with E-state index in [1.165, 1.54) is 12.4 Å². The Bertz CT molecular complexity index is 1530. The van der Waals surface area contributed by atoms with Crippen molar-refractivity contribution in [2.24, 2.45) is 0 Å². The first-order chi connectivity index (χ1) is 20.1.